The van der Waals surface area contributed by atoms with E-state index in [2.05, 4.69) is 145 Å². The Bertz CT molecular complexity index is 2210. The molecule has 0 aliphatic heterocycles. The van der Waals surface area contributed by atoms with Crippen molar-refractivity contribution in [2.75, 3.05) is 0 Å². The Morgan fingerprint density at radius 3 is 2.15 bits per heavy atom. The molecule has 0 amide bonds. The number of fused-ring (bicyclic) bond motifs is 4. The molecule has 5 aromatic carbocycles. The summed E-state index contributed by atoms with van der Waals surface area (Å²) in [6.45, 7) is 2.05. The van der Waals surface area contributed by atoms with E-state index in [0.29, 0.717) is 0 Å². The molecule has 41 heavy (non-hydrogen) atoms. The van der Waals surface area contributed by atoms with Gasteiger partial charge in [-0.1, -0.05) is 97.1 Å². The number of hydrogen-bond donors (Lipinski definition) is 0. The van der Waals surface area contributed by atoms with Crippen LogP contribution in [0.25, 0.3) is 70.7 Å². The van der Waals surface area contributed by atoms with E-state index < -0.39 is 0 Å². The van der Waals surface area contributed by atoms with Crippen LogP contribution in [0.15, 0.2) is 133 Å². The van der Waals surface area contributed by atoms with Crippen LogP contribution in [0.1, 0.15) is 5.69 Å². The first kappa shape index (κ1) is 23.8. The molecule has 0 N–H and O–H groups in total. The van der Waals surface area contributed by atoms with Crippen LogP contribution in [0, 0.1) is 6.92 Å². The van der Waals surface area contributed by atoms with Crippen LogP contribution in [0.4, 0.5) is 0 Å². The topological polar surface area (TPSA) is 30.7 Å². The van der Waals surface area contributed by atoms with E-state index in [1.807, 2.05) is 0 Å². The van der Waals surface area contributed by atoms with Gasteiger partial charge in [0.1, 0.15) is 10.7 Å². The van der Waals surface area contributed by atoms with Crippen LogP contribution in [0.3, 0.4) is 0 Å². The van der Waals surface area contributed by atoms with E-state index in [1.165, 1.54) is 32.2 Å². The molecule has 4 heteroatoms. The summed E-state index contributed by atoms with van der Waals surface area (Å²) < 4.78 is 3.56. The van der Waals surface area contributed by atoms with Crippen LogP contribution in [-0.4, -0.2) is 14.5 Å². The van der Waals surface area contributed by atoms with Gasteiger partial charge in [0.05, 0.1) is 16.7 Å². The third-order valence-corrected chi connectivity index (χ3v) is 8.88. The Hall–Kier alpha value is -5.06. The van der Waals surface area contributed by atoms with Crippen molar-refractivity contribution in [1.29, 1.82) is 0 Å². The number of para-hydroxylation sites is 2. The largest absolute Gasteiger partial charge is 0.292 e. The van der Waals surface area contributed by atoms with Gasteiger partial charge in [0, 0.05) is 32.3 Å². The minimum absolute atomic E-state index is 0.933. The first-order valence-corrected chi connectivity index (χ1v) is 14.6. The van der Waals surface area contributed by atoms with Crippen LogP contribution < -0.4 is 0 Å². The van der Waals surface area contributed by atoms with Gasteiger partial charge in [-0.15, -0.1) is 11.3 Å². The van der Waals surface area contributed by atoms with Crippen molar-refractivity contribution in [3.8, 4) is 39.3 Å². The number of aromatic nitrogens is 3. The number of thiophene rings is 1. The first-order chi connectivity index (χ1) is 20.2. The minimum atomic E-state index is 0.933. The number of hydrogen-bond acceptors (Lipinski definition) is 3. The monoisotopic (exact) mass is 543 g/mol. The van der Waals surface area contributed by atoms with E-state index >= 15 is 0 Å². The minimum Gasteiger partial charge on any atom is -0.292 e. The zero-order valence-corrected chi connectivity index (χ0v) is 23.3. The molecule has 8 rings (SSSR count). The van der Waals surface area contributed by atoms with Gasteiger partial charge in [0.2, 0.25) is 0 Å². The number of pyridine rings is 1. The Labute approximate surface area is 242 Å². The van der Waals surface area contributed by atoms with Crippen molar-refractivity contribution in [2.24, 2.45) is 0 Å². The lowest BCUT2D eigenvalue weighted by molar-refractivity contribution is 1.11. The van der Waals surface area contributed by atoms with Gasteiger partial charge < -0.3 is 0 Å². The van der Waals surface area contributed by atoms with Crippen molar-refractivity contribution in [1.82, 2.24) is 14.5 Å². The summed E-state index contributed by atoms with van der Waals surface area (Å²) in [5.41, 5.74) is 9.99. The van der Waals surface area contributed by atoms with Crippen molar-refractivity contribution in [3.05, 3.63) is 139 Å². The summed E-state index contributed by atoms with van der Waals surface area (Å²) in [7, 11) is 0. The Kier molecular flexibility index (Phi) is 5.54. The third kappa shape index (κ3) is 3.95. The van der Waals surface area contributed by atoms with Crippen molar-refractivity contribution in [3.63, 3.8) is 0 Å². The molecule has 3 aromatic heterocycles. The maximum absolute atomic E-state index is 5.28. The fraction of sp³-hybridized carbons (Fsp3) is 0.0270. The SMILES string of the molecule is Cc1ccc2c(n1)sc1c(-c3nc4ccccc4n3-c3cc(-c4ccccc4)ccc3-c3ccccc3)cccc12. The molecule has 194 valence electrons. The number of imidazole rings is 1. The van der Waals surface area contributed by atoms with E-state index in [-0.39, 0.29) is 0 Å². The number of aryl methyl sites for hydroxylation is 1. The summed E-state index contributed by atoms with van der Waals surface area (Å²) in [6.07, 6.45) is 0. The molecule has 0 radical (unpaired) electrons. The average Bonchev–Trinajstić information content (AvgIpc) is 3.59. The molecular formula is C37H25N3S. The first-order valence-electron chi connectivity index (χ1n) is 13.8. The van der Waals surface area contributed by atoms with Gasteiger partial charge in [-0.05, 0) is 60.0 Å². The standard InChI is InChI=1S/C37H25N3S/c1-24-19-21-30-29-15-10-16-31(35(29)41-37(30)38-24)36-39-32-17-8-9-18-33(32)40(36)34-23-27(25-11-4-2-5-12-25)20-22-28(34)26-13-6-3-7-14-26/h2-23H,1H3. The number of rotatable bonds is 4. The van der Waals surface area contributed by atoms with Crippen LogP contribution in [0.2, 0.25) is 0 Å². The molecule has 0 aliphatic rings. The molecule has 0 saturated carbocycles. The van der Waals surface area contributed by atoms with Gasteiger partial charge in [-0.2, -0.15) is 0 Å². The van der Waals surface area contributed by atoms with Crippen LogP contribution in [-0.2, 0) is 0 Å². The maximum atomic E-state index is 5.28. The fourth-order valence-corrected chi connectivity index (χ4v) is 7.01. The lowest BCUT2D eigenvalue weighted by atomic mass is 9.97. The molecule has 3 nitrogen and oxygen atoms in total. The second kappa shape index (κ2) is 9.54. The van der Waals surface area contributed by atoms with Crippen LogP contribution in [0.5, 0.6) is 0 Å². The fourth-order valence-electron chi connectivity index (χ4n) is 5.79. The van der Waals surface area contributed by atoms with Crippen molar-refractivity contribution in [2.45, 2.75) is 6.92 Å². The summed E-state index contributed by atoms with van der Waals surface area (Å²) in [4.78, 5) is 11.2. The van der Waals surface area contributed by atoms with E-state index in [9.17, 15) is 0 Å². The van der Waals surface area contributed by atoms with Crippen LogP contribution >= 0.6 is 11.3 Å². The molecule has 3 heterocycles. The number of benzene rings is 5. The Morgan fingerprint density at radius 1 is 0.561 bits per heavy atom. The van der Waals surface area contributed by atoms with Gasteiger partial charge in [0.15, 0.2) is 0 Å². The Balaban J connectivity index is 1.47. The number of nitrogens with zero attached hydrogens (tertiary/aromatic N) is 3. The second-order valence-electron chi connectivity index (χ2n) is 10.3. The molecule has 0 spiro atoms. The van der Waals surface area contributed by atoms with E-state index in [4.69, 9.17) is 9.97 Å². The lowest BCUT2D eigenvalue weighted by Crippen LogP contribution is -2.01. The normalized spacial score (nSPS) is 11.5. The smallest absolute Gasteiger partial charge is 0.147 e. The van der Waals surface area contributed by atoms with E-state index in [0.717, 1.165) is 44.2 Å². The molecule has 0 saturated heterocycles. The highest BCUT2D eigenvalue weighted by molar-refractivity contribution is 7.26. The predicted molar refractivity (Wildman–Crippen MR) is 173 cm³/mol. The summed E-state index contributed by atoms with van der Waals surface area (Å²) in [5, 5.41) is 2.41. The quantitative estimate of drug-likeness (QED) is 0.221. The third-order valence-electron chi connectivity index (χ3n) is 7.74. The molecule has 8 aromatic rings. The van der Waals surface area contributed by atoms with Crippen molar-refractivity contribution >= 4 is 42.7 Å². The van der Waals surface area contributed by atoms with Gasteiger partial charge in [-0.25, -0.2) is 9.97 Å². The maximum Gasteiger partial charge on any atom is 0.147 e. The zero-order chi connectivity index (χ0) is 27.3. The summed E-state index contributed by atoms with van der Waals surface area (Å²) in [6, 6.07) is 47.3. The molecule has 0 aliphatic carbocycles. The van der Waals surface area contributed by atoms with Crippen molar-refractivity contribution < 1.29 is 0 Å². The summed E-state index contributed by atoms with van der Waals surface area (Å²) >= 11 is 1.75. The second-order valence-corrected chi connectivity index (χ2v) is 11.3. The highest BCUT2D eigenvalue weighted by Crippen LogP contribution is 2.42. The molecule has 0 unspecified atom stereocenters. The predicted octanol–water partition coefficient (Wildman–Crippen LogP) is 10.1. The molecule has 0 bridgehead atoms. The molecular weight excluding hydrogens is 518 g/mol. The highest BCUT2D eigenvalue weighted by atomic mass is 32.1. The average molecular weight is 544 g/mol. The van der Waals surface area contributed by atoms with E-state index in [1.54, 1.807) is 11.3 Å². The zero-order valence-electron chi connectivity index (χ0n) is 22.5. The summed E-state index contributed by atoms with van der Waals surface area (Å²) in [5.74, 6) is 0.933. The molecule has 0 fully saturated rings. The van der Waals surface area contributed by atoms with Gasteiger partial charge >= 0.3 is 0 Å². The lowest BCUT2D eigenvalue weighted by Gasteiger charge is -2.17. The Morgan fingerprint density at radius 2 is 1.32 bits per heavy atom. The highest BCUT2D eigenvalue weighted by Gasteiger charge is 2.21. The molecule has 0 atom stereocenters. The van der Waals surface area contributed by atoms with Gasteiger partial charge in [0.25, 0.3) is 0 Å². The van der Waals surface area contributed by atoms with Gasteiger partial charge in [-0.3, -0.25) is 4.57 Å².